The molecule has 1 rings (SSSR count). The number of nitrogens with two attached hydrogens (primary N) is 1. The van der Waals surface area contributed by atoms with E-state index in [1.54, 1.807) is 0 Å². The number of hydrogen-bond acceptors (Lipinski definition) is 3. The van der Waals surface area contributed by atoms with Crippen LogP contribution in [0.3, 0.4) is 0 Å². The molecule has 0 bridgehead atoms. The van der Waals surface area contributed by atoms with Crippen LogP contribution in [0.1, 0.15) is 38.3 Å². The quantitative estimate of drug-likeness (QED) is 0.450. The molecule has 17 heavy (non-hydrogen) atoms. The van der Waals surface area contributed by atoms with Gasteiger partial charge in [-0.05, 0) is 31.0 Å². The predicted molar refractivity (Wildman–Crippen MR) is 70.4 cm³/mol. The summed E-state index contributed by atoms with van der Waals surface area (Å²) in [5.74, 6) is 12.3. The van der Waals surface area contributed by atoms with Crippen molar-refractivity contribution in [1.29, 1.82) is 0 Å². The summed E-state index contributed by atoms with van der Waals surface area (Å²) < 4.78 is 5.59. The average Bonchev–Trinajstić information content (AvgIpc) is 2.38. The summed E-state index contributed by atoms with van der Waals surface area (Å²) in [4.78, 5) is 0. The Morgan fingerprint density at radius 3 is 2.94 bits per heavy atom. The van der Waals surface area contributed by atoms with Crippen LogP contribution in [0.5, 0.6) is 5.75 Å². The highest BCUT2D eigenvalue weighted by Crippen LogP contribution is 2.21. The van der Waals surface area contributed by atoms with Crippen molar-refractivity contribution in [3.63, 3.8) is 0 Å². The fraction of sp³-hybridized carbons (Fsp3) is 0.429. The molecule has 0 aromatic heterocycles. The van der Waals surface area contributed by atoms with Crippen LogP contribution in [0.2, 0.25) is 0 Å². The number of hydrazine groups is 1. The molecule has 3 heteroatoms. The lowest BCUT2D eigenvalue weighted by atomic mass is 10.0. The minimum atomic E-state index is 0.0487. The largest absolute Gasteiger partial charge is 0.494 e. The molecule has 0 saturated carbocycles. The van der Waals surface area contributed by atoms with Gasteiger partial charge < -0.3 is 4.74 Å². The molecule has 3 N–H and O–H groups in total. The molecule has 0 spiro atoms. The molecule has 3 nitrogen and oxygen atoms in total. The Kier molecular flexibility index (Phi) is 6.16. The first-order valence-electron chi connectivity index (χ1n) is 5.90. The SMILES string of the molecule is CC#CCC(NN)c1cccc(OCCC)c1. The van der Waals surface area contributed by atoms with E-state index in [1.165, 1.54) is 0 Å². The highest BCUT2D eigenvalue weighted by Gasteiger charge is 2.08. The van der Waals surface area contributed by atoms with Gasteiger partial charge in [-0.15, -0.1) is 11.8 Å². The minimum absolute atomic E-state index is 0.0487. The molecule has 0 heterocycles. The molecule has 0 saturated heterocycles. The van der Waals surface area contributed by atoms with Gasteiger partial charge in [-0.25, -0.2) is 0 Å². The lowest BCUT2D eigenvalue weighted by Crippen LogP contribution is -2.27. The van der Waals surface area contributed by atoms with Gasteiger partial charge in [0.25, 0.3) is 0 Å². The van der Waals surface area contributed by atoms with Crippen LogP contribution in [0.15, 0.2) is 24.3 Å². The third-order valence-electron chi connectivity index (χ3n) is 2.42. The van der Waals surface area contributed by atoms with E-state index in [2.05, 4.69) is 24.2 Å². The summed E-state index contributed by atoms with van der Waals surface area (Å²) in [6.45, 7) is 4.65. The normalized spacial score (nSPS) is 11.5. The maximum absolute atomic E-state index is 5.59. The van der Waals surface area contributed by atoms with Crippen molar-refractivity contribution in [1.82, 2.24) is 5.43 Å². The van der Waals surface area contributed by atoms with Crippen LogP contribution < -0.4 is 16.0 Å². The monoisotopic (exact) mass is 232 g/mol. The summed E-state index contributed by atoms with van der Waals surface area (Å²) >= 11 is 0. The summed E-state index contributed by atoms with van der Waals surface area (Å²) in [7, 11) is 0. The Morgan fingerprint density at radius 2 is 2.29 bits per heavy atom. The highest BCUT2D eigenvalue weighted by molar-refractivity contribution is 5.31. The number of benzene rings is 1. The van der Waals surface area contributed by atoms with Crippen molar-refractivity contribution >= 4 is 0 Å². The number of ether oxygens (including phenoxy) is 1. The molecule has 0 radical (unpaired) electrons. The Morgan fingerprint density at radius 1 is 1.47 bits per heavy atom. The zero-order valence-electron chi connectivity index (χ0n) is 10.5. The van der Waals surface area contributed by atoms with Crippen molar-refractivity contribution in [2.24, 2.45) is 5.84 Å². The lowest BCUT2D eigenvalue weighted by molar-refractivity contribution is 0.316. The second-order valence-corrected chi connectivity index (χ2v) is 3.77. The van der Waals surface area contributed by atoms with Gasteiger partial charge in [0, 0.05) is 6.42 Å². The van der Waals surface area contributed by atoms with Crippen LogP contribution in [0.4, 0.5) is 0 Å². The first-order valence-corrected chi connectivity index (χ1v) is 5.90. The highest BCUT2D eigenvalue weighted by atomic mass is 16.5. The predicted octanol–water partition coefficient (Wildman–Crippen LogP) is 2.39. The molecular formula is C14H20N2O. The van der Waals surface area contributed by atoms with Crippen molar-refractivity contribution in [2.75, 3.05) is 6.61 Å². The van der Waals surface area contributed by atoms with E-state index < -0.39 is 0 Å². The maximum atomic E-state index is 5.59. The zero-order chi connectivity index (χ0) is 12.5. The molecule has 0 aliphatic heterocycles. The fourth-order valence-electron chi connectivity index (χ4n) is 1.52. The van der Waals surface area contributed by atoms with Gasteiger partial charge in [-0.1, -0.05) is 19.1 Å². The fourth-order valence-corrected chi connectivity index (χ4v) is 1.52. The van der Waals surface area contributed by atoms with Crippen LogP contribution in [0, 0.1) is 11.8 Å². The number of hydrogen-bond donors (Lipinski definition) is 2. The van der Waals surface area contributed by atoms with Gasteiger partial charge in [-0.3, -0.25) is 11.3 Å². The van der Waals surface area contributed by atoms with Gasteiger partial charge >= 0.3 is 0 Å². The molecule has 1 aromatic rings. The first kappa shape index (κ1) is 13.6. The van der Waals surface area contributed by atoms with Crippen LogP contribution in [-0.4, -0.2) is 6.61 Å². The molecule has 1 atom stereocenters. The Hall–Kier alpha value is -1.50. The van der Waals surface area contributed by atoms with Crippen molar-refractivity contribution in [2.45, 2.75) is 32.7 Å². The minimum Gasteiger partial charge on any atom is -0.494 e. The third kappa shape index (κ3) is 4.48. The van der Waals surface area contributed by atoms with E-state index in [0.29, 0.717) is 6.42 Å². The summed E-state index contributed by atoms with van der Waals surface area (Å²) in [5.41, 5.74) is 3.88. The number of nitrogens with one attached hydrogen (secondary N) is 1. The van der Waals surface area contributed by atoms with Gasteiger partial charge in [-0.2, -0.15) is 0 Å². The van der Waals surface area contributed by atoms with Crippen molar-refractivity contribution in [3.8, 4) is 17.6 Å². The summed E-state index contributed by atoms with van der Waals surface area (Å²) in [5, 5.41) is 0. The van der Waals surface area contributed by atoms with E-state index in [4.69, 9.17) is 10.6 Å². The van der Waals surface area contributed by atoms with E-state index in [0.717, 1.165) is 24.3 Å². The van der Waals surface area contributed by atoms with Crippen LogP contribution >= 0.6 is 0 Å². The Bertz CT molecular complexity index is 393. The topological polar surface area (TPSA) is 47.3 Å². The summed E-state index contributed by atoms with van der Waals surface area (Å²) in [6, 6.07) is 8.02. The molecule has 1 unspecified atom stereocenters. The number of rotatable bonds is 6. The molecule has 92 valence electrons. The van der Waals surface area contributed by atoms with Gasteiger partial charge in [0.2, 0.25) is 0 Å². The molecule has 0 aliphatic rings. The van der Waals surface area contributed by atoms with E-state index in [1.807, 2.05) is 31.2 Å². The Balaban J connectivity index is 2.75. The molecule has 0 fully saturated rings. The van der Waals surface area contributed by atoms with E-state index in [9.17, 15) is 0 Å². The molecule has 1 aromatic carbocycles. The van der Waals surface area contributed by atoms with Crippen molar-refractivity contribution < 1.29 is 4.74 Å². The molecular weight excluding hydrogens is 212 g/mol. The standard InChI is InChI=1S/C14H20N2O/c1-3-5-9-14(16-15)12-7-6-8-13(11-12)17-10-4-2/h6-8,11,14,16H,4,9-10,15H2,1-2H3. The van der Waals surface area contributed by atoms with Gasteiger partial charge in [0.1, 0.15) is 5.75 Å². The zero-order valence-corrected chi connectivity index (χ0v) is 10.5. The Labute approximate surface area is 103 Å². The average molecular weight is 232 g/mol. The van der Waals surface area contributed by atoms with Crippen LogP contribution in [-0.2, 0) is 0 Å². The van der Waals surface area contributed by atoms with Crippen molar-refractivity contribution in [3.05, 3.63) is 29.8 Å². The van der Waals surface area contributed by atoms with Gasteiger partial charge in [0.15, 0.2) is 0 Å². The molecule has 0 amide bonds. The molecule has 0 aliphatic carbocycles. The van der Waals surface area contributed by atoms with E-state index >= 15 is 0 Å². The second kappa shape index (κ2) is 7.72. The first-order chi connectivity index (χ1) is 8.31. The second-order valence-electron chi connectivity index (χ2n) is 3.77. The smallest absolute Gasteiger partial charge is 0.119 e. The lowest BCUT2D eigenvalue weighted by Gasteiger charge is -2.14. The maximum Gasteiger partial charge on any atom is 0.119 e. The summed E-state index contributed by atoms with van der Waals surface area (Å²) in [6.07, 6.45) is 1.70. The van der Waals surface area contributed by atoms with E-state index in [-0.39, 0.29) is 6.04 Å². The van der Waals surface area contributed by atoms with Gasteiger partial charge in [0.05, 0.1) is 12.6 Å². The third-order valence-corrected chi connectivity index (χ3v) is 2.42. The van der Waals surface area contributed by atoms with Crippen LogP contribution in [0.25, 0.3) is 0 Å².